The first-order chi connectivity index (χ1) is 9.62. The summed E-state index contributed by atoms with van der Waals surface area (Å²) in [7, 11) is 1.75. The lowest BCUT2D eigenvalue weighted by Crippen LogP contribution is -2.52. The summed E-state index contributed by atoms with van der Waals surface area (Å²) in [5.74, 6) is 6.75. The molecule has 2 atom stereocenters. The fourth-order valence-corrected chi connectivity index (χ4v) is 2.80. The Labute approximate surface area is 121 Å². The Morgan fingerprint density at radius 3 is 2.95 bits per heavy atom. The van der Waals surface area contributed by atoms with Crippen LogP contribution in [0.25, 0.3) is 0 Å². The zero-order valence-corrected chi connectivity index (χ0v) is 12.7. The van der Waals surface area contributed by atoms with Gasteiger partial charge in [0.05, 0.1) is 18.2 Å². The molecule has 0 fully saturated rings. The number of ether oxygens (including phenoxy) is 2. The highest BCUT2D eigenvalue weighted by atomic mass is 16.5. The van der Waals surface area contributed by atoms with Crippen molar-refractivity contribution in [1.29, 1.82) is 0 Å². The fraction of sp³-hybridized carbons (Fsp3) is 0.625. The van der Waals surface area contributed by atoms with Crippen molar-refractivity contribution in [1.82, 2.24) is 5.43 Å². The number of rotatable bonds is 7. The molecule has 1 aromatic rings. The number of fused-ring (bicyclic) bond motifs is 1. The molecular formula is C16H26N2O2. The van der Waals surface area contributed by atoms with Crippen molar-refractivity contribution in [3.63, 3.8) is 0 Å². The van der Waals surface area contributed by atoms with Crippen molar-refractivity contribution in [3.8, 4) is 5.75 Å². The first-order valence-electron chi connectivity index (χ1n) is 7.39. The highest BCUT2D eigenvalue weighted by Crippen LogP contribution is 2.27. The van der Waals surface area contributed by atoms with Crippen LogP contribution in [-0.2, 0) is 17.6 Å². The highest BCUT2D eigenvalue weighted by Gasteiger charge is 2.31. The molecule has 4 nitrogen and oxygen atoms in total. The van der Waals surface area contributed by atoms with Gasteiger partial charge in [-0.3, -0.25) is 11.3 Å². The van der Waals surface area contributed by atoms with E-state index in [9.17, 15) is 0 Å². The molecule has 0 spiro atoms. The summed E-state index contributed by atoms with van der Waals surface area (Å²) in [6.07, 6.45) is 3.89. The van der Waals surface area contributed by atoms with Gasteiger partial charge >= 0.3 is 0 Å². The minimum Gasteiger partial charge on any atom is -0.493 e. The third-order valence-corrected chi connectivity index (χ3v) is 4.58. The minimum absolute atomic E-state index is 0.141. The van der Waals surface area contributed by atoms with Crippen LogP contribution in [0.15, 0.2) is 18.2 Å². The van der Waals surface area contributed by atoms with Crippen LogP contribution >= 0.6 is 0 Å². The van der Waals surface area contributed by atoms with Gasteiger partial charge in [0, 0.05) is 13.5 Å². The molecule has 1 aliphatic rings. The van der Waals surface area contributed by atoms with Crippen molar-refractivity contribution in [2.24, 2.45) is 5.84 Å². The Hall–Kier alpha value is -1.10. The standard InChI is InChI=1S/C16H26N2O2/c1-4-16(2,19-3)15(18-17)8-6-12-5-7-14-13(11-12)9-10-20-14/h5,7,11,15,18H,4,6,8-10,17H2,1-3H3. The summed E-state index contributed by atoms with van der Waals surface area (Å²) in [6.45, 7) is 5.04. The second-order valence-electron chi connectivity index (χ2n) is 5.67. The van der Waals surface area contributed by atoms with Crippen molar-refractivity contribution >= 4 is 0 Å². The summed E-state index contributed by atoms with van der Waals surface area (Å²) in [6, 6.07) is 6.62. The SMILES string of the molecule is CCC(C)(OC)C(CCc1ccc2c(c1)CCO2)NN. The number of methoxy groups -OCH3 is 1. The van der Waals surface area contributed by atoms with Crippen LogP contribution in [0.2, 0.25) is 0 Å². The Kier molecular flexibility index (Phi) is 5.02. The molecule has 0 saturated carbocycles. The van der Waals surface area contributed by atoms with E-state index in [1.165, 1.54) is 11.1 Å². The number of hydrazine groups is 1. The maximum Gasteiger partial charge on any atom is 0.122 e. The monoisotopic (exact) mass is 278 g/mol. The Bertz CT molecular complexity index is 444. The highest BCUT2D eigenvalue weighted by molar-refractivity contribution is 5.39. The molecule has 0 aliphatic carbocycles. The molecule has 1 aromatic carbocycles. The van der Waals surface area contributed by atoms with Crippen molar-refractivity contribution in [2.45, 2.75) is 51.2 Å². The molecule has 0 bridgehead atoms. The number of hydrogen-bond donors (Lipinski definition) is 2. The lowest BCUT2D eigenvalue weighted by molar-refractivity contribution is -0.0310. The topological polar surface area (TPSA) is 56.5 Å². The summed E-state index contributed by atoms with van der Waals surface area (Å²) in [5.41, 5.74) is 5.35. The van der Waals surface area contributed by atoms with E-state index in [0.29, 0.717) is 0 Å². The second kappa shape index (κ2) is 6.57. The van der Waals surface area contributed by atoms with Crippen molar-refractivity contribution < 1.29 is 9.47 Å². The summed E-state index contributed by atoms with van der Waals surface area (Å²) in [4.78, 5) is 0. The van der Waals surface area contributed by atoms with Gasteiger partial charge in [0.25, 0.3) is 0 Å². The van der Waals surface area contributed by atoms with Gasteiger partial charge in [-0.15, -0.1) is 0 Å². The predicted molar refractivity (Wildman–Crippen MR) is 80.8 cm³/mol. The van der Waals surface area contributed by atoms with Crippen LogP contribution in [0.1, 0.15) is 37.8 Å². The summed E-state index contributed by atoms with van der Waals surface area (Å²) < 4.78 is 11.2. The number of aryl methyl sites for hydroxylation is 1. The quantitative estimate of drug-likeness (QED) is 0.593. The van der Waals surface area contributed by atoms with Crippen LogP contribution in [0.4, 0.5) is 0 Å². The Morgan fingerprint density at radius 1 is 1.50 bits per heavy atom. The average molecular weight is 278 g/mol. The van der Waals surface area contributed by atoms with Gasteiger partial charge in [-0.1, -0.05) is 19.1 Å². The molecule has 0 amide bonds. The molecule has 0 saturated heterocycles. The van der Waals surface area contributed by atoms with Gasteiger partial charge in [-0.2, -0.15) is 0 Å². The molecule has 0 aromatic heterocycles. The maximum absolute atomic E-state index is 5.71. The smallest absolute Gasteiger partial charge is 0.122 e. The molecule has 2 unspecified atom stereocenters. The Balaban J connectivity index is 2.00. The largest absolute Gasteiger partial charge is 0.493 e. The van der Waals surface area contributed by atoms with E-state index in [1.807, 2.05) is 0 Å². The lowest BCUT2D eigenvalue weighted by Gasteiger charge is -2.35. The summed E-state index contributed by atoms with van der Waals surface area (Å²) >= 11 is 0. The number of benzene rings is 1. The van der Waals surface area contributed by atoms with E-state index in [1.54, 1.807) is 7.11 Å². The molecule has 1 heterocycles. The fourth-order valence-electron chi connectivity index (χ4n) is 2.80. The lowest BCUT2D eigenvalue weighted by atomic mass is 9.89. The van der Waals surface area contributed by atoms with E-state index in [0.717, 1.165) is 38.0 Å². The van der Waals surface area contributed by atoms with Gasteiger partial charge in [0.15, 0.2) is 0 Å². The van der Waals surface area contributed by atoms with E-state index in [4.69, 9.17) is 15.3 Å². The molecule has 3 N–H and O–H groups in total. The van der Waals surface area contributed by atoms with Gasteiger partial charge in [0.1, 0.15) is 5.75 Å². The number of nitrogens with one attached hydrogen (secondary N) is 1. The maximum atomic E-state index is 5.71. The van der Waals surface area contributed by atoms with Crippen molar-refractivity contribution in [3.05, 3.63) is 29.3 Å². The van der Waals surface area contributed by atoms with Gasteiger partial charge in [-0.05, 0) is 43.4 Å². The zero-order chi connectivity index (χ0) is 14.6. The van der Waals surface area contributed by atoms with Crippen LogP contribution in [0, 0.1) is 0 Å². The third-order valence-electron chi connectivity index (χ3n) is 4.58. The van der Waals surface area contributed by atoms with Gasteiger partial charge in [0.2, 0.25) is 0 Å². The Morgan fingerprint density at radius 2 is 2.30 bits per heavy atom. The second-order valence-corrected chi connectivity index (χ2v) is 5.67. The van der Waals surface area contributed by atoms with E-state index in [-0.39, 0.29) is 11.6 Å². The third kappa shape index (κ3) is 3.14. The number of hydrogen-bond acceptors (Lipinski definition) is 4. The number of nitrogens with two attached hydrogens (primary N) is 1. The van der Waals surface area contributed by atoms with Crippen molar-refractivity contribution in [2.75, 3.05) is 13.7 Å². The van der Waals surface area contributed by atoms with Crippen LogP contribution in [0.3, 0.4) is 0 Å². The predicted octanol–water partition coefficient (Wildman–Crippen LogP) is 2.20. The summed E-state index contributed by atoms with van der Waals surface area (Å²) in [5, 5.41) is 0. The van der Waals surface area contributed by atoms with Crippen LogP contribution in [0.5, 0.6) is 5.75 Å². The van der Waals surface area contributed by atoms with Gasteiger partial charge < -0.3 is 9.47 Å². The first-order valence-corrected chi connectivity index (χ1v) is 7.39. The molecule has 0 radical (unpaired) electrons. The first kappa shape index (κ1) is 15.3. The minimum atomic E-state index is -0.228. The molecule has 20 heavy (non-hydrogen) atoms. The average Bonchev–Trinajstić information content (AvgIpc) is 2.95. The molecular weight excluding hydrogens is 252 g/mol. The van der Waals surface area contributed by atoms with Gasteiger partial charge in [-0.25, -0.2) is 0 Å². The van der Waals surface area contributed by atoms with E-state index >= 15 is 0 Å². The molecule has 4 heteroatoms. The van der Waals surface area contributed by atoms with Crippen LogP contribution < -0.4 is 16.0 Å². The van der Waals surface area contributed by atoms with E-state index in [2.05, 4.69) is 37.5 Å². The molecule has 1 aliphatic heterocycles. The zero-order valence-electron chi connectivity index (χ0n) is 12.7. The molecule has 112 valence electrons. The van der Waals surface area contributed by atoms with E-state index < -0.39 is 0 Å². The molecule has 2 rings (SSSR count). The van der Waals surface area contributed by atoms with Crippen LogP contribution in [-0.4, -0.2) is 25.4 Å². The normalized spacial score (nSPS) is 18.2.